The molecule has 0 aliphatic heterocycles. The van der Waals surface area contributed by atoms with Gasteiger partial charge in [0.05, 0.1) is 18.8 Å². The van der Waals surface area contributed by atoms with Gasteiger partial charge >= 0.3 is 5.97 Å². The van der Waals surface area contributed by atoms with Crippen LogP contribution in [-0.2, 0) is 38.8 Å². The maximum absolute atomic E-state index is 11.9. The fourth-order valence-corrected chi connectivity index (χ4v) is 4.15. The van der Waals surface area contributed by atoms with Gasteiger partial charge in [0.15, 0.2) is 0 Å². The molecule has 4 rings (SSSR count). The van der Waals surface area contributed by atoms with E-state index in [0.29, 0.717) is 5.76 Å². The average molecular weight is 521 g/mol. The van der Waals surface area contributed by atoms with Crippen LogP contribution in [0.5, 0.6) is 0 Å². The minimum absolute atomic E-state index is 0.0829. The number of halogens is 1. The van der Waals surface area contributed by atoms with Gasteiger partial charge in [0.25, 0.3) is 0 Å². The first-order chi connectivity index (χ1) is 16.5. The number of ether oxygens (including phenoxy) is 3. The van der Waals surface area contributed by atoms with Crippen LogP contribution in [0.25, 0.3) is 0 Å². The maximum Gasteiger partial charge on any atom is 0.335 e. The molecule has 6 heteroatoms. The van der Waals surface area contributed by atoms with Crippen LogP contribution in [0, 0.1) is 0 Å². The van der Waals surface area contributed by atoms with Gasteiger partial charge in [-0.2, -0.15) is 0 Å². The Morgan fingerprint density at radius 2 is 1.29 bits per heavy atom. The third-order valence-electron chi connectivity index (χ3n) is 5.37. The summed E-state index contributed by atoms with van der Waals surface area (Å²) < 4.78 is 17.5. The van der Waals surface area contributed by atoms with Crippen LogP contribution in [0.3, 0.4) is 0 Å². The van der Waals surface area contributed by atoms with Gasteiger partial charge in [0, 0.05) is 0 Å². The molecule has 3 aromatic carbocycles. The third-order valence-corrected chi connectivity index (χ3v) is 6.44. The lowest BCUT2D eigenvalue weighted by Crippen LogP contribution is -2.44. The number of benzene rings is 3. The Morgan fingerprint density at radius 1 is 0.794 bits per heavy atom. The molecule has 174 valence electrons. The van der Waals surface area contributed by atoms with E-state index in [4.69, 9.17) is 14.2 Å². The number of carboxylic acid groups (broad SMARTS) is 1. The lowest BCUT2D eigenvalue weighted by atomic mass is 9.99. The molecule has 3 aromatic rings. The summed E-state index contributed by atoms with van der Waals surface area (Å²) in [5, 5.41) is 9.74. The van der Waals surface area contributed by atoms with Crippen molar-refractivity contribution in [2.45, 2.75) is 30.4 Å². The predicted octanol–water partition coefficient (Wildman–Crippen LogP) is 6.01. The zero-order valence-corrected chi connectivity index (χ0v) is 20.1. The highest BCUT2D eigenvalue weighted by molar-refractivity contribution is 9.10. The van der Waals surface area contributed by atoms with Gasteiger partial charge in [0.1, 0.15) is 18.5 Å². The van der Waals surface area contributed by atoms with Crippen molar-refractivity contribution in [2.75, 3.05) is 0 Å². The summed E-state index contributed by atoms with van der Waals surface area (Å²) in [5.41, 5.74) is 2.97. The quantitative estimate of drug-likeness (QED) is 0.332. The lowest BCUT2D eigenvalue weighted by molar-refractivity contribution is -0.133. The summed E-state index contributed by atoms with van der Waals surface area (Å²) in [4.78, 5) is 11.9. The van der Waals surface area contributed by atoms with Gasteiger partial charge in [0.2, 0.25) is 4.51 Å². The molecule has 0 amide bonds. The van der Waals surface area contributed by atoms with E-state index in [0.717, 1.165) is 16.7 Å². The molecule has 5 nitrogen and oxygen atoms in total. The van der Waals surface area contributed by atoms with Gasteiger partial charge in [-0.15, -0.1) is 0 Å². The Bertz CT molecular complexity index is 1150. The van der Waals surface area contributed by atoms with Crippen LogP contribution < -0.4 is 0 Å². The van der Waals surface area contributed by atoms with E-state index in [1.54, 1.807) is 6.08 Å². The van der Waals surface area contributed by atoms with E-state index < -0.39 is 16.6 Å². The smallest absolute Gasteiger partial charge is 0.335 e. The molecule has 0 saturated heterocycles. The summed E-state index contributed by atoms with van der Waals surface area (Å²) in [6.07, 6.45) is 2.30. The molecule has 34 heavy (non-hydrogen) atoms. The first kappa shape index (κ1) is 24.0. The molecule has 1 aliphatic carbocycles. The van der Waals surface area contributed by atoms with E-state index in [2.05, 4.69) is 15.9 Å². The van der Waals surface area contributed by atoms with Gasteiger partial charge < -0.3 is 19.3 Å². The van der Waals surface area contributed by atoms with Gasteiger partial charge in [-0.3, -0.25) is 0 Å². The van der Waals surface area contributed by atoms with Gasteiger partial charge in [-0.25, -0.2) is 4.79 Å². The summed E-state index contributed by atoms with van der Waals surface area (Å²) in [5.74, 6) is -0.725. The first-order valence-corrected chi connectivity index (χ1v) is 11.7. The molecule has 0 radical (unpaired) electrons. The fourth-order valence-electron chi connectivity index (χ4n) is 3.54. The van der Waals surface area contributed by atoms with E-state index in [1.165, 1.54) is 6.08 Å². The van der Waals surface area contributed by atoms with Crippen molar-refractivity contribution in [2.24, 2.45) is 0 Å². The Balaban J connectivity index is 1.62. The topological polar surface area (TPSA) is 65.0 Å². The number of carbonyl (C=O) groups is 1. The zero-order valence-electron chi connectivity index (χ0n) is 18.5. The standard InChI is InChI=1S/C28H25BrO5/c29-28(34-20-23-14-8-3-9-15-23)25(32-18-21-10-4-1-5-11-21)16-24(27(30)31)17-26(28)33-19-22-12-6-2-7-13-22/h1-17,25H,18-20H2,(H,30,31). The van der Waals surface area contributed by atoms with Crippen molar-refractivity contribution in [1.29, 1.82) is 0 Å². The van der Waals surface area contributed by atoms with Crippen molar-refractivity contribution in [1.82, 2.24) is 0 Å². The van der Waals surface area contributed by atoms with Crippen LogP contribution in [0.15, 0.2) is 114 Å². The fraction of sp³-hybridized carbons (Fsp3) is 0.179. The molecule has 0 saturated carbocycles. The molecular weight excluding hydrogens is 496 g/mol. The normalized spacial score (nSPS) is 19.7. The van der Waals surface area contributed by atoms with Crippen LogP contribution >= 0.6 is 15.9 Å². The summed E-state index contributed by atoms with van der Waals surface area (Å²) >= 11 is 3.73. The highest BCUT2D eigenvalue weighted by Crippen LogP contribution is 2.41. The molecule has 1 N–H and O–H groups in total. The van der Waals surface area contributed by atoms with Crippen molar-refractivity contribution < 1.29 is 24.1 Å². The number of hydrogen-bond donors (Lipinski definition) is 1. The molecule has 0 bridgehead atoms. The van der Waals surface area contributed by atoms with Crippen molar-refractivity contribution >= 4 is 21.9 Å². The Kier molecular flexibility index (Phi) is 7.95. The van der Waals surface area contributed by atoms with Crippen LogP contribution in [-0.4, -0.2) is 21.7 Å². The van der Waals surface area contributed by atoms with Gasteiger partial charge in [-0.1, -0.05) is 91.0 Å². The minimum atomic E-state index is -1.22. The summed E-state index contributed by atoms with van der Waals surface area (Å²) in [7, 11) is 0. The number of alkyl halides is 1. The molecule has 0 aromatic heterocycles. The van der Waals surface area contributed by atoms with E-state index >= 15 is 0 Å². The number of rotatable bonds is 10. The number of hydrogen-bond acceptors (Lipinski definition) is 4. The number of aliphatic carboxylic acids is 1. The van der Waals surface area contributed by atoms with Crippen molar-refractivity contribution in [3.8, 4) is 0 Å². The second-order valence-corrected chi connectivity index (χ2v) is 9.02. The van der Waals surface area contributed by atoms with Crippen LogP contribution in [0.2, 0.25) is 0 Å². The molecule has 1 aliphatic rings. The number of carboxylic acids is 1. The molecular formula is C28H25BrO5. The zero-order chi connectivity index (χ0) is 23.8. The summed E-state index contributed by atoms with van der Waals surface area (Å²) in [6, 6.07) is 29.1. The van der Waals surface area contributed by atoms with E-state index in [-0.39, 0.29) is 25.4 Å². The Labute approximate surface area is 207 Å². The van der Waals surface area contributed by atoms with E-state index in [1.807, 2.05) is 91.0 Å². The van der Waals surface area contributed by atoms with Crippen molar-refractivity contribution in [3.63, 3.8) is 0 Å². The highest BCUT2D eigenvalue weighted by Gasteiger charge is 2.46. The lowest BCUT2D eigenvalue weighted by Gasteiger charge is -2.38. The average Bonchev–Trinajstić information content (AvgIpc) is 2.88. The monoisotopic (exact) mass is 520 g/mol. The molecule has 0 fully saturated rings. The minimum Gasteiger partial charge on any atom is -0.489 e. The largest absolute Gasteiger partial charge is 0.489 e. The van der Waals surface area contributed by atoms with Crippen LogP contribution in [0.1, 0.15) is 16.7 Å². The summed E-state index contributed by atoms with van der Waals surface area (Å²) in [6.45, 7) is 0.815. The predicted molar refractivity (Wildman–Crippen MR) is 133 cm³/mol. The molecule has 2 unspecified atom stereocenters. The third kappa shape index (κ3) is 6.03. The molecule has 0 heterocycles. The second-order valence-electron chi connectivity index (χ2n) is 7.85. The van der Waals surface area contributed by atoms with E-state index in [9.17, 15) is 9.90 Å². The van der Waals surface area contributed by atoms with Crippen molar-refractivity contribution in [3.05, 3.63) is 131 Å². The molecule has 2 atom stereocenters. The maximum atomic E-state index is 11.9. The Morgan fingerprint density at radius 3 is 1.82 bits per heavy atom. The van der Waals surface area contributed by atoms with Crippen LogP contribution in [0.4, 0.5) is 0 Å². The molecule has 0 spiro atoms. The SMILES string of the molecule is O=C(O)C1=CC(OCc2ccccc2)C(Br)(OCc2ccccc2)C(OCc2ccccc2)=C1. The first-order valence-electron chi connectivity index (χ1n) is 10.9. The Hall–Kier alpha value is -3.19. The van der Waals surface area contributed by atoms with Gasteiger partial charge in [-0.05, 0) is 44.8 Å². The highest BCUT2D eigenvalue weighted by atomic mass is 79.9. The second kappa shape index (κ2) is 11.3.